The van der Waals surface area contributed by atoms with Crippen molar-refractivity contribution in [3.63, 3.8) is 0 Å². The molecule has 9 heteroatoms. The van der Waals surface area contributed by atoms with Gasteiger partial charge in [0.15, 0.2) is 5.11 Å². The number of hydrogen-bond acceptors (Lipinski definition) is 4. The number of nitrogens with one attached hydrogen (secondary N) is 4. The topological polar surface area (TPSA) is 99.3 Å². The molecule has 0 aliphatic carbocycles. The maximum atomic E-state index is 11.9. The third-order valence-corrected chi connectivity index (χ3v) is 4.01. The molecule has 120 valence electrons. The van der Waals surface area contributed by atoms with Gasteiger partial charge in [-0.1, -0.05) is 30.4 Å². The maximum absolute atomic E-state index is 11.9. The van der Waals surface area contributed by atoms with E-state index in [1.54, 1.807) is 18.2 Å². The van der Waals surface area contributed by atoms with Crippen LogP contribution in [0.5, 0.6) is 0 Å². The van der Waals surface area contributed by atoms with Crippen LogP contribution in [0.25, 0.3) is 0 Å². The first-order valence-corrected chi connectivity index (χ1v) is 8.22. The second-order valence-corrected chi connectivity index (χ2v) is 6.63. The summed E-state index contributed by atoms with van der Waals surface area (Å²) >= 11 is 4.91. The van der Waals surface area contributed by atoms with Gasteiger partial charge in [0.2, 0.25) is 10.0 Å². The molecule has 7 nitrogen and oxygen atoms in total. The van der Waals surface area contributed by atoms with E-state index in [0.717, 1.165) is 5.57 Å². The van der Waals surface area contributed by atoms with E-state index < -0.39 is 22.5 Å². The van der Waals surface area contributed by atoms with Gasteiger partial charge in [-0.15, -0.1) is 0 Å². The van der Waals surface area contributed by atoms with Crippen molar-refractivity contribution in [1.82, 2.24) is 20.9 Å². The Bertz CT molecular complexity index is 645. The van der Waals surface area contributed by atoms with Gasteiger partial charge in [0.25, 0.3) is 5.91 Å². The third kappa shape index (κ3) is 6.66. The van der Waals surface area contributed by atoms with Crippen LogP contribution in [0.1, 0.15) is 6.92 Å². The Hall–Kier alpha value is -1.97. The van der Waals surface area contributed by atoms with Crippen molar-refractivity contribution < 1.29 is 13.2 Å². The Morgan fingerprint density at radius 1 is 1.18 bits per heavy atom. The molecule has 0 bridgehead atoms. The van der Waals surface area contributed by atoms with Crippen LogP contribution in [-0.2, 0) is 14.8 Å². The molecule has 0 aliphatic rings. The number of hydrogen-bond donors (Lipinski definition) is 4. The van der Waals surface area contributed by atoms with Crippen LogP contribution in [0.15, 0.2) is 47.4 Å². The van der Waals surface area contributed by atoms with E-state index >= 15 is 0 Å². The predicted molar refractivity (Wildman–Crippen MR) is 88.3 cm³/mol. The second-order valence-electron chi connectivity index (χ2n) is 4.45. The van der Waals surface area contributed by atoms with E-state index in [-0.39, 0.29) is 10.0 Å². The molecule has 0 fully saturated rings. The first kappa shape index (κ1) is 18.1. The molecule has 0 unspecified atom stereocenters. The molecule has 0 saturated heterocycles. The molecule has 0 aromatic heterocycles. The zero-order chi connectivity index (χ0) is 16.6. The lowest BCUT2D eigenvalue weighted by Crippen LogP contribution is -2.49. The van der Waals surface area contributed by atoms with Crippen molar-refractivity contribution >= 4 is 33.3 Å². The Morgan fingerprint density at radius 3 is 2.41 bits per heavy atom. The summed E-state index contributed by atoms with van der Waals surface area (Å²) in [4.78, 5) is 11.7. The Kier molecular flexibility index (Phi) is 6.96. The van der Waals surface area contributed by atoms with Crippen molar-refractivity contribution in [2.75, 3.05) is 13.1 Å². The average Bonchev–Trinajstić information content (AvgIpc) is 2.49. The monoisotopic (exact) mass is 342 g/mol. The lowest BCUT2D eigenvalue weighted by molar-refractivity contribution is -0.120. The number of carbonyl (C=O) groups excluding carboxylic acids is 1. The highest BCUT2D eigenvalue weighted by Crippen LogP contribution is 2.06. The summed E-state index contributed by atoms with van der Waals surface area (Å²) in [6.07, 6.45) is 0. The van der Waals surface area contributed by atoms with Gasteiger partial charge in [-0.05, 0) is 31.3 Å². The molecule has 1 aromatic carbocycles. The van der Waals surface area contributed by atoms with E-state index in [1.165, 1.54) is 12.1 Å². The molecule has 0 heterocycles. The number of hydrazine groups is 1. The summed E-state index contributed by atoms with van der Waals surface area (Å²) in [6.45, 7) is 5.58. The fraction of sp³-hybridized carbons (Fsp3) is 0.231. The van der Waals surface area contributed by atoms with E-state index in [0.29, 0.717) is 6.54 Å². The molecule has 4 N–H and O–H groups in total. The summed E-state index contributed by atoms with van der Waals surface area (Å²) in [5.74, 6) is -0.570. The van der Waals surface area contributed by atoms with Crippen LogP contribution in [0.2, 0.25) is 0 Å². The van der Waals surface area contributed by atoms with Crippen LogP contribution in [0.4, 0.5) is 0 Å². The van der Waals surface area contributed by atoms with Gasteiger partial charge < -0.3 is 5.32 Å². The number of benzene rings is 1. The first-order chi connectivity index (χ1) is 10.3. The summed E-state index contributed by atoms with van der Waals surface area (Å²) in [7, 11) is -3.71. The van der Waals surface area contributed by atoms with Gasteiger partial charge >= 0.3 is 0 Å². The zero-order valence-electron chi connectivity index (χ0n) is 12.0. The molecule has 0 radical (unpaired) electrons. The lowest BCUT2D eigenvalue weighted by Gasteiger charge is -2.12. The molecule has 0 atom stereocenters. The van der Waals surface area contributed by atoms with Crippen LogP contribution in [0.3, 0.4) is 0 Å². The Labute approximate surface area is 135 Å². The summed E-state index contributed by atoms with van der Waals surface area (Å²) < 4.78 is 26.0. The number of rotatable bonds is 6. The Morgan fingerprint density at radius 2 is 1.82 bits per heavy atom. The van der Waals surface area contributed by atoms with Gasteiger partial charge in [-0.25, -0.2) is 13.1 Å². The molecule has 1 amide bonds. The molecular weight excluding hydrogens is 324 g/mol. The first-order valence-electron chi connectivity index (χ1n) is 6.33. The van der Waals surface area contributed by atoms with Gasteiger partial charge in [0, 0.05) is 6.54 Å². The highest BCUT2D eigenvalue weighted by atomic mass is 32.2. The quantitative estimate of drug-likeness (QED) is 0.331. The number of carbonyl (C=O) groups is 1. The Balaban J connectivity index is 2.37. The fourth-order valence-corrected chi connectivity index (χ4v) is 2.42. The number of thiocarbonyl (C=S) groups is 1. The normalized spacial score (nSPS) is 10.6. The predicted octanol–water partition coefficient (Wildman–Crippen LogP) is 0.0363. The molecule has 22 heavy (non-hydrogen) atoms. The third-order valence-electron chi connectivity index (χ3n) is 2.34. The molecule has 0 spiro atoms. The maximum Gasteiger partial charge on any atom is 0.253 e. The summed E-state index contributed by atoms with van der Waals surface area (Å²) in [5, 5.41) is 3.01. The van der Waals surface area contributed by atoms with E-state index in [2.05, 4.69) is 27.5 Å². The minimum absolute atomic E-state index is 0.0920. The SMILES string of the molecule is C=C(C)CNC(=S)NNC(=O)CNS(=O)(=O)c1ccccc1. The zero-order valence-corrected chi connectivity index (χ0v) is 13.7. The second kappa shape index (κ2) is 8.47. The van der Waals surface area contributed by atoms with Crippen molar-refractivity contribution in [3.05, 3.63) is 42.5 Å². The molecule has 1 rings (SSSR count). The highest BCUT2D eigenvalue weighted by Gasteiger charge is 2.14. The number of amides is 1. The van der Waals surface area contributed by atoms with Gasteiger partial charge in [0.1, 0.15) is 0 Å². The minimum Gasteiger partial charge on any atom is -0.358 e. The van der Waals surface area contributed by atoms with Crippen LogP contribution < -0.4 is 20.9 Å². The van der Waals surface area contributed by atoms with Gasteiger partial charge in [-0.3, -0.25) is 15.6 Å². The van der Waals surface area contributed by atoms with Crippen LogP contribution in [-0.4, -0.2) is 32.5 Å². The average molecular weight is 342 g/mol. The van der Waals surface area contributed by atoms with Crippen molar-refractivity contribution in [2.45, 2.75) is 11.8 Å². The van der Waals surface area contributed by atoms with Crippen molar-refractivity contribution in [1.29, 1.82) is 0 Å². The van der Waals surface area contributed by atoms with Crippen molar-refractivity contribution in [2.24, 2.45) is 0 Å². The van der Waals surface area contributed by atoms with Gasteiger partial charge in [0.05, 0.1) is 11.4 Å². The lowest BCUT2D eigenvalue weighted by atomic mass is 10.4. The fourth-order valence-electron chi connectivity index (χ4n) is 1.29. The summed E-state index contributed by atoms with van der Waals surface area (Å²) in [5.41, 5.74) is 5.62. The largest absolute Gasteiger partial charge is 0.358 e. The van der Waals surface area contributed by atoms with Gasteiger partial charge in [-0.2, -0.15) is 0 Å². The summed E-state index contributed by atoms with van der Waals surface area (Å²) in [6, 6.07) is 7.78. The molecule has 1 aromatic rings. The minimum atomic E-state index is -3.71. The highest BCUT2D eigenvalue weighted by molar-refractivity contribution is 7.89. The van der Waals surface area contributed by atoms with E-state index in [9.17, 15) is 13.2 Å². The molecular formula is C13H18N4O3S2. The smallest absolute Gasteiger partial charge is 0.253 e. The number of sulfonamides is 1. The molecule has 0 aliphatic heterocycles. The standard InChI is InChI=1S/C13H18N4O3S2/c1-10(2)8-14-13(21)17-16-12(18)9-15-22(19,20)11-6-4-3-5-7-11/h3-7,15H,1,8-9H2,2H3,(H,16,18)(H2,14,17,21). The molecule has 0 saturated carbocycles. The van der Waals surface area contributed by atoms with Crippen LogP contribution >= 0.6 is 12.2 Å². The van der Waals surface area contributed by atoms with Crippen molar-refractivity contribution in [3.8, 4) is 0 Å². The van der Waals surface area contributed by atoms with E-state index in [1.807, 2.05) is 6.92 Å². The van der Waals surface area contributed by atoms with Crippen LogP contribution in [0, 0.1) is 0 Å². The van der Waals surface area contributed by atoms with E-state index in [4.69, 9.17) is 12.2 Å².